The molecule has 126 valence electrons. The van der Waals surface area contributed by atoms with Gasteiger partial charge >= 0.3 is 5.97 Å². The van der Waals surface area contributed by atoms with E-state index >= 15 is 0 Å². The second kappa shape index (κ2) is 15.9. The Morgan fingerprint density at radius 3 is 2.43 bits per heavy atom. The van der Waals surface area contributed by atoms with E-state index in [1.54, 1.807) is 0 Å². The number of nitrogens with one attached hydrogen (secondary N) is 2. The van der Waals surface area contributed by atoms with Gasteiger partial charge in [0.15, 0.2) is 5.96 Å². The Morgan fingerprint density at radius 1 is 1.19 bits per heavy atom. The zero-order valence-corrected chi connectivity index (χ0v) is 16.2. The average Bonchev–Trinajstić information content (AvgIpc) is 2.45. The van der Waals surface area contributed by atoms with Crippen molar-refractivity contribution < 1.29 is 9.53 Å². The highest BCUT2D eigenvalue weighted by atomic mass is 127. The summed E-state index contributed by atoms with van der Waals surface area (Å²) in [5, 5.41) is 6.62. The molecule has 1 unspecified atom stereocenters. The first-order chi connectivity index (χ1) is 9.63. The highest BCUT2D eigenvalue weighted by molar-refractivity contribution is 14.0. The molecule has 0 aromatic heterocycles. The third-order valence-corrected chi connectivity index (χ3v) is 3.13. The molecule has 0 heterocycles. The number of nitrogens with zero attached hydrogens (tertiary/aromatic N) is 1. The lowest BCUT2D eigenvalue weighted by Gasteiger charge is -2.16. The number of carbonyl (C=O) groups is 1. The Hall–Kier alpha value is -0.530. The minimum absolute atomic E-state index is 0. The molecule has 0 saturated carbocycles. The van der Waals surface area contributed by atoms with Crippen LogP contribution >= 0.6 is 24.0 Å². The molecule has 0 bridgehead atoms. The van der Waals surface area contributed by atoms with Crippen molar-refractivity contribution in [3.05, 3.63) is 0 Å². The van der Waals surface area contributed by atoms with Crippen molar-refractivity contribution in [3.63, 3.8) is 0 Å². The van der Waals surface area contributed by atoms with E-state index in [-0.39, 0.29) is 29.9 Å². The SMILES string of the molecule is CCNC(=NCCCCCCC(=O)OC)NC(C)CC.I. The molecular formula is C15H32IN3O2. The second-order valence-corrected chi connectivity index (χ2v) is 4.95. The van der Waals surface area contributed by atoms with E-state index in [4.69, 9.17) is 0 Å². The van der Waals surface area contributed by atoms with Crippen molar-refractivity contribution in [1.29, 1.82) is 0 Å². The second-order valence-electron chi connectivity index (χ2n) is 4.95. The van der Waals surface area contributed by atoms with Gasteiger partial charge in [0.05, 0.1) is 7.11 Å². The minimum atomic E-state index is -0.116. The zero-order chi connectivity index (χ0) is 15.2. The largest absolute Gasteiger partial charge is 0.469 e. The molecule has 0 fully saturated rings. The van der Waals surface area contributed by atoms with Gasteiger partial charge in [0.25, 0.3) is 0 Å². The van der Waals surface area contributed by atoms with Crippen LogP contribution in [0.25, 0.3) is 0 Å². The van der Waals surface area contributed by atoms with Crippen LogP contribution in [-0.4, -0.2) is 38.2 Å². The molecule has 0 amide bonds. The summed E-state index contributed by atoms with van der Waals surface area (Å²) in [6, 6.07) is 0.438. The molecule has 5 nitrogen and oxygen atoms in total. The molecule has 1 atom stereocenters. The van der Waals surface area contributed by atoms with Gasteiger partial charge in [0.1, 0.15) is 0 Å². The van der Waals surface area contributed by atoms with Crippen LogP contribution in [0.1, 0.15) is 59.3 Å². The molecule has 0 aliphatic carbocycles. The number of rotatable bonds is 10. The highest BCUT2D eigenvalue weighted by Gasteiger charge is 2.02. The number of halogens is 1. The fraction of sp³-hybridized carbons (Fsp3) is 0.867. The summed E-state index contributed by atoms with van der Waals surface area (Å²) >= 11 is 0. The molecule has 2 N–H and O–H groups in total. The van der Waals surface area contributed by atoms with Crippen molar-refractivity contribution >= 4 is 35.9 Å². The standard InChI is InChI=1S/C15H31N3O2.HI/c1-5-13(3)18-15(16-6-2)17-12-10-8-7-9-11-14(19)20-4;/h13H,5-12H2,1-4H3,(H2,16,17,18);1H. The van der Waals surface area contributed by atoms with E-state index in [0.717, 1.165) is 51.2 Å². The van der Waals surface area contributed by atoms with Crippen LogP contribution in [0.2, 0.25) is 0 Å². The summed E-state index contributed by atoms with van der Waals surface area (Å²) in [5.41, 5.74) is 0. The summed E-state index contributed by atoms with van der Waals surface area (Å²) in [7, 11) is 1.43. The number of esters is 1. The topological polar surface area (TPSA) is 62.7 Å². The normalized spacial score (nSPS) is 12.3. The lowest BCUT2D eigenvalue weighted by Crippen LogP contribution is -2.42. The highest BCUT2D eigenvalue weighted by Crippen LogP contribution is 2.04. The predicted octanol–water partition coefficient (Wildman–Crippen LogP) is 3.08. The van der Waals surface area contributed by atoms with Gasteiger partial charge in [-0.05, 0) is 33.1 Å². The molecule has 0 aliphatic rings. The zero-order valence-electron chi connectivity index (χ0n) is 13.9. The quantitative estimate of drug-likeness (QED) is 0.190. The van der Waals surface area contributed by atoms with Crippen LogP contribution in [0.3, 0.4) is 0 Å². The van der Waals surface area contributed by atoms with Crippen LogP contribution in [-0.2, 0) is 9.53 Å². The monoisotopic (exact) mass is 413 g/mol. The number of guanidine groups is 1. The smallest absolute Gasteiger partial charge is 0.305 e. The van der Waals surface area contributed by atoms with Crippen LogP contribution in [0.15, 0.2) is 4.99 Å². The average molecular weight is 413 g/mol. The first-order valence-corrected chi connectivity index (χ1v) is 7.75. The molecule has 0 spiro atoms. The predicted molar refractivity (Wildman–Crippen MR) is 99.4 cm³/mol. The maximum absolute atomic E-state index is 10.9. The van der Waals surface area contributed by atoms with Gasteiger partial charge in [-0.15, -0.1) is 24.0 Å². The molecule has 0 rings (SSSR count). The number of aliphatic imine (C=N–C) groups is 1. The van der Waals surface area contributed by atoms with Crippen molar-refractivity contribution in [2.45, 2.75) is 65.3 Å². The van der Waals surface area contributed by atoms with Crippen molar-refractivity contribution in [2.75, 3.05) is 20.2 Å². The third kappa shape index (κ3) is 14.2. The van der Waals surface area contributed by atoms with Crippen molar-refractivity contribution in [1.82, 2.24) is 10.6 Å². The van der Waals surface area contributed by atoms with Gasteiger partial charge in [0.2, 0.25) is 0 Å². The number of unbranched alkanes of at least 4 members (excludes halogenated alkanes) is 3. The first-order valence-electron chi connectivity index (χ1n) is 7.75. The van der Waals surface area contributed by atoms with E-state index in [1.165, 1.54) is 7.11 Å². The fourth-order valence-electron chi connectivity index (χ4n) is 1.68. The van der Waals surface area contributed by atoms with Crippen molar-refractivity contribution in [3.8, 4) is 0 Å². The lowest BCUT2D eigenvalue weighted by atomic mass is 10.1. The molecule has 0 aliphatic heterocycles. The van der Waals surface area contributed by atoms with Crippen molar-refractivity contribution in [2.24, 2.45) is 4.99 Å². The number of hydrogen-bond donors (Lipinski definition) is 2. The molecular weight excluding hydrogens is 381 g/mol. The Balaban J connectivity index is 0. The lowest BCUT2D eigenvalue weighted by molar-refractivity contribution is -0.140. The van der Waals surface area contributed by atoms with Crippen LogP contribution < -0.4 is 10.6 Å². The third-order valence-electron chi connectivity index (χ3n) is 3.13. The number of hydrogen-bond acceptors (Lipinski definition) is 3. The van der Waals surface area contributed by atoms with E-state index < -0.39 is 0 Å². The fourth-order valence-corrected chi connectivity index (χ4v) is 1.68. The first kappa shape index (κ1) is 22.7. The summed E-state index contributed by atoms with van der Waals surface area (Å²) in [6.07, 6.45) is 5.72. The Bertz CT molecular complexity index is 286. The van der Waals surface area contributed by atoms with Crippen LogP contribution in [0, 0.1) is 0 Å². The van der Waals surface area contributed by atoms with Gasteiger partial charge in [-0.25, -0.2) is 0 Å². The summed E-state index contributed by atoms with van der Waals surface area (Å²) in [4.78, 5) is 15.5. The Morgan fingerprint density at radius 2 is 1.86 bits per heavy atom. The number of methoxy groups -OCH3 is 1. The van der Waals surface area contributed by atoms with E-state index in [0.29, 0.717) is 12.5 Å². The molecule has 6 heteroatoms. The minimum Gasteiger partial charge on any atom is -0.469 e. The molecule has 21 heavy (non-hydrogen) atoms. The molecule has 0 aromatic carbocycles. The molecule has 0 saturated heterocycles. The molecule has 0 aromatic rings. The summed E-state index contributed by atoms with van der Waals surface area (Å²) in [5.74, 6) is 0.784. The maximum Gasteiger partial charge on any atom is 0.305 e. The van der Waals surface area contributed by atoms with Gasteiger partial charge in [-0.1, -0.05) is 19.8 Å². The van der Waals surface area contributed by atoms with E-state index in [2.05, 4.69) is 41.1 Å². The van der Waals surface area contributed by atoms with E-state index in [9.17, 15) is 4.79 Å². The van der Waals surface area contributed by atoms with Gasteiger partial charge in [-0.3, -0.25) is 9.79 Å². The molecule has 0 radical (unpaired) electrons. The Labute approximate surface area is 146 Å². The van der Waals surface area contributed by atoms with Gasteiger partial charge in [-0.2, -0.15) is 0 Å². The Kier molecular flexibility index (Phi) is 17.2. The maximum atomic E-state index is 10.9. The van der Waals surface area contributed by atoms with E-state index in [1.807, 2.05) is 0 Å². The summed E-state index contributed by atoms with van der Waals surface area (Å²) < 4.78 is 4.61. The number of ether oxygens (including phenoxy) is 1. The number of carbonyl (C=O) groups excluding carboxylic acids is 1. The van der Waals surface area contributed by atoms with Gasteiger partial charge in [0, 0.05) is 25.6 Å². The summed E-state index contributed by atoms with van der Waals surface area (Å²) in [6.45, 7) is 8.08. The van der Waals surface area contributed by atoms with Gasteiger partial charge < -0.3 is 15.4 Å². The van der Waals surface area contributed by atoms with Crippen LogP contribution in [0.5, 0.6) is 0 Å². The van der Waals surface area contributed by atoms with Crippen LogP contribution in [0.4, 0.5) is 0 Å².